The molecule has 16 heavy (non-hydrogen) atoms. The van der Waals surface area contributed by atoms with Crippen molar-refractivity contribution in [3.63, 3.8) is 0 Å². The maximum atomic E-state index is 5.66. The summed E-state index contributed by atoms with van der Waals surface area (Å²) in [4.78, 5) is 0. The third-order valence-electron chi connectivity index (χ3n) is 2.96. The Morgan fingerprint density at radius 2 is 2.31 bits per heavy atom. The molecule has 0 aromatic carbocycles. The minimum Gasteiger partial charge on any atom is -0.422 e. The highest BCUT2D eigenvalue weighted by Gasteiger charge is 2.37. The van der Waals surface area contributed by atoms with Crippen molar-refractivity contribution in [3.05, 3.63) is 11.8 Å². The summed E-state index contributed by atoms with van der Waals surface area (Å²) >= 11 is 0. The Kier molecular flexibility index (Phi) is 3.56. The SMILES string of the molecule is CNCCCc1nnc(C2(C)CCCO2)o1. The van der Waals surface area contributed by atoms with Gasteiger partial charge in [-0.15, -0.1) is 10.2 Å². The van der Waals surface area contributed by atoms with Gasteiger partial charge in [-0.1, -0.05) is 0 Å². The van der Waals surface area contributed by atoms with Gasteiger partial charge in [0.2, 0.25) is 11.8 Å². The molecule has 5 nitrogen and oxygen atoms in total. The van der Waals surface area contributed by atoms with Crippen LogP contribution in [-0.2, 0) is 16.8 Å². The topological polar surface area (TPSA) is 60.2 Å². The smallest absolute Gasteiger partial charge is 0.247 e. The summed E-state index contributed by atoms with van der Waals surface area (Å²) in [6.45, 7) is 3.77. The van der Waals surface area contributed by atoms with Crippen molar-refractivity contribution in [2.24, 2.45) is 0 Å². The zero-order valence-corrected chi connectivity index (χ0v) is 9.95. The molecule has 0 amide bonds. The molecule has 2 heterocycles. The molecule has 1 saturated heterocycles. The Bertz CT molecular complexity index is 332. The molecular formula is C11H19N3O2. The predicted octanol–water partition coefficient (Wildman–Crippen LogP) is 1.25. The quantitative estimate of drug-likeness (QED) is 0.764. The maximum Gasteiger partial charge on any atom is 0.247 e. The number of hydrogen-bond acceptors (Lipinski definition) is 5. The Labute approximate surface area is 95.6 Å². The number of nitrogens with zero attached hydrogens (tertiary/aromatic N) is 2. The minimum absolute atomic E-state index is 0.353. The van der Waals surface area contributed by atoms with Crippen LogP contribution < -0.4 is 5.32 Å². The standard InChI is InChI=1S/C11H19N3O2/c1-11(6-4-8-15-11)10-14-13-9(16-10)5-3-7-12-2/h12H,3-8H2,1-2H3. The van der Waals surface area contributed by atoms with Crippen molar-refractivity contribution < 1.29 is 9.15 Å². The number of aryl methyl sites for hydroxylation is 1. The molecular weight excluding hydrogens is 206 g/mol. The van der Waals surface area contributed by atoms with Gasteiger partial charge in [0.05, 0.1) is 0 Å². The van der Waals surface area contributed by atoms with Crippen LogP contribution in [0.15, 0.2) is 4.42 Å². The number of aromatic nitrogens is 2. The average Bonchev–Trinajstić information content (AvgIpc) is 2.88. The zero-order chi connectivity index (χ0) is 11.4. The second-order valence-electron chi connectivity index (χ2n) is 4.39. The number of nitrogens with one attached hydrogen (secondary N) is 1. The highest BCUT2D eigenvalue weighted by molar-refractivity contribution is 4.98. The Morgan fingerprint density at radius 3 is 3.00 bits per heavy atom. The van der Waals surface area contributed by atoms with Crippen molar-refractivity contribution >= 4 is 0 Å². The van der Waals surface area contributed by atoms with Crippen LogP contribution in [0.25, 0.3) is 0 Å². The van der Waals surface area contributed by atoms with Crippen LogP contribution in [-0.4, -0.2) is 30.4 Å². The van der Waals surface area contributed by atoms with Gasteiger partial charge in [-0.2, -0.15) is 0 Å². The van der Waals surface area contributed by atoms with Crippen LogP contribution in [0.4, 0.5) is 0 Å². The van der Waals surface area contributed by atoms with E-state index >= 15 is 0 Å². The van der Waals surface area contributed by atoms with Crippen LogP contribution in [0.5, 0.6) is 0 Å². The lowest BCUT2D eigenvalue weighted by Crippen LogP contribution is -2.20. The highest BCUT2D eigenvalue weighted by atomic mass is 16.5. The zero-order valence-electron chi connectivity index (χ0n) is 9.95. The Morgan fingerprint density at radius 1 is 1.44 bits per heavy atom. The monoisotopic (exact) mass is 225 g/mol. The van der Waals surface area contributed by atoms with E-state index < -0.39 is 0 Å². The molecule has 1 N–H and O–H groups in total. The van der Waals surface area contributed by atoms with Crippen molar-refractivity contribution in [1.82, 2.24) is 15.5 Å². The summed E-state index contributed by atoms with van der Waals surface area (Å²) in [5.74, 6) is 1.34. The number of ether oxygens (including phenoxy) is 1. The second kappa shape index (κ2) is 4.93. The van der Waals surface area contributed by atoms with E-state index in [0.717, 1.165) is 38.8 Å². The largest absolute Gasteiger partial charge is 0.422 e. The minimum atomic E-state index is -0.353. The van der Waals surface area contributed by atoms with E-state index in [9.17, 15) is 0 Å². The molecule has 0 saturated carbocycles. The van der Waals surface area contributed by atoms with Crippen LogP contribution in [0, 0.1) is 0 Å². The van der Waals surface area contributed by atoms with Crippen LogP contribution in [0.1, 0.15) is 38.0 Å². The summed E-state index contributed by atoms with van der Waals surface area (Å²) in [6.07, 6.45) is 3.86. The van der Waals surface area contributed by atoms with Gasteiger partial charge in [-0.25, -0.2) is 0 Å². The van der Waals surface area contributed by atoms with Gasteiger partial charge in [0, 0.05) is 13.0 Å². The van der Waals surface area contributed by atoms with E-state index in [-0.39, 0.29) is 5.60 Å². The fourth-order valence-electron chi connectivity index (χ4n) is 1.93. The fraction of sp³-hybridized carbons (Fsp3) is 0.818. The third-order valence-corrected chi connectivity index (χ3v) is 2.96. The molecule has 1 aliphatic heterocycles. The molecule has 2 rings (SSSR count). The molecule has 0 bridgehead atoms. The molecule has 1 atom stereocenters. The molecule has 1 fully saturated rings. The third kappa shape index (κ3) is 2.41. The van der Waals surface area contributed by atoms with Gasteiger partial charge >= 0.3 is 0 Å². The molecule has 1 unspecified atom stereocenters. The first kappa shape index (κ1) is 11.5. The molecule has 0 spiro atoms. The summed E-state index contributed by atoms with van der Waals surface area (Å²) in [7, 11) is 1.94. The fourth-order valence-corrected chi connectivity index (χ4v) is 1.93. The first-order valence-corrected chi connectivity index (χ1v) is 5.86. The normalized spacial score (nSPS) is 25.1. The molecule has 5 heteroatoms. The molecule has 0 aliphatic carbocycles. The second-order valence-corrected chi connectivity index (χ2v) is 4.39. The van der Waals surface area contributed by atoms with Crippen molar-refractivity contribution in [3.8, 4) is 0 Å². The lowest BCUT2D eigenvalue weighted by atomic mass is 10.0. The Hall–Kier alpha value is -0.940. The molecule has 1 aromatic heterocycles. The molecule has 0 radical (unpaired) electrons. The van der Waals surface area contributed by atoms with E-state index in [1.54, 1.807) is 0 Å². The highest BCUT2D eigenvalue weighted by Crippen LogP contribution is 2.34. The first-order chi connectivity index (χ1) is 7.74. The van der Waals surface area contributed by atoms with Crippen LogP contribution >= 0.6 is 0 Å². The van der Waals surface area contributed by atoms with Gasteiger partial charge in [0.25, 0.3) is 0 Å². The van der Waals surface area contributed by atoms with Gasteiger partial charge in [-0.3, -0.25) is 0 Å². The number of hydrogen-bond donors (Lipinski definition) is 1. The van der Waals surface area contributed by atoms with Crippen molar-refractivity contribution in [1.29, 1.82) is 0 Å². The summed E-state index contributed by atoms with van der Waals surface area (Å²) in [5, 5.41) is 11.2. The van der Waals surface area contributed by atoms with Crippen LogP contribution in [0.2, 0.25) is 0 Å². The van der Waals surface area contributed by atoms with Gasteiger partial charge in [-0.05, 0) is 39.8 Å². The first-order valence-electron chi connectivity index (χ1n) is 5.86. The maximum absolute atomic E-state index is 5.66. The molecule has 90 valence electrons. The lowest BCUT2D eigenvalue weighted by Gasteiger charge is -2.17. The van der Waals surface area contributed by atoms with Gasteiger partial charge < -0.3 is 14.5 Å². The van der Waals surface area contributed by atoms with E-state index in [4.69, 9.17) is 9.15 Å². The van der Waals surface area contributed by atoms with E-state index in [0.29, 0.717) is 11.8 Å². The summed E-state index contributed by atoms with van der Waals surface area (Å²) in [6, 6.07) is 0. The molecule has 1 aromatic rings. The predicted molar refractivity (Wildman–Crippen MR) is 59.1 cm³/mol. The van der Waals surface area contributed by atoms with E-state index in [1.807, 2.05) is 14.0 Å². The van der Waals surface area contributed by atoms with Crippen LogP contribution in [0.3, 0.4) is 0 Å². The number of rotatable bonds is 5. The summed E-state index contributed by atoms with van der Waals surface area (Å²) in [5.41, 5.74) is -0.353. The van der Waals surface area contributed by atoms with E-state index in [1.165, 1.54) is 0 Å². The average molecular weight is 225 g/mol. The Balaban J connectivity index is 1.96. The van der Waals surface area contributed by atoms with Gasteiger partial charge in [0.1, 0.15) is 5.60 Å². The summed E-state index contributed by atoms with van der Waals surface area (Å²) < 4.78 is 11.3. The van der Waals surface area contributed by atoms with Crippen molar-refractivity contribution in [2.45, 2.75) is 38.2 Å². The van der Waals surface area contributed by atoms with Crippen molar-refractivity contribution in [2.75, 3.05) is 20.2 Å². The van der Waals surface area contributed by atoms with Gasteiger partial charge in [0.15, 0.2) is 0 Å². The molecule has 1 aliphatic rings. The lowest BCUT2D eigenvalue weighted by molar-refractivity contribution is -0.00614. The van der Waals surface area contributed by atoms with E-state index in [2.05, 4.69) is 15.5 Å².